The van der Waals surface area contributed by atoms with Crippen molar-refractivity contribution >= 4 is 17.6 Å². The number of carbonyl (C=O) groups excluding carboxylic acids is 1. The Morgan fingerprint density at radius 3 is 2.79 bits per heavy atom. The number of rotatable bonds is 2. The smallest absolute Gasteiger partial charge is 0.409 e. The Morgan fingerprint density at radius 1 is 1.47 bits per heavy atom. The van der Waals surface area contributed by atoms with Gasteiger partial charge in [0.05, 0.1) is 12.3 Å². The Morgan fingerprint density at radius 2 is 2.16 bits per heavy atom. The Hall–Kier alpha value is -1.98. The van der Waals surface area contributed by atoms with Gasteiger partial charge in [-0.3, -0.25) is 0 Å². The van der Waals surface area contributed by atoms with Crippen molar-refractivity contribution in [3.63, 3.8) is 0 Å². The molecule has 0 radical (unpaired) electrons. The van der Waals surface area contributed by atoms with Crippen molar-refractivity contribution in [2.24, 2.45) is 0 Å². The van der Waals surface area contributed by atoms with Gasteiger partial charge in [0.15, 0.2) is 0 Å². The molecular weight excluding hydrogens is 244 g/mol. The lowest BCUT2D eigenvalue weighted by Gasteiger charge is -2.31. The number of nitrogens with zero attached hydrogens (tertiary/aromatic N) is 2. The highest BCUT2D eigenvalue weighted by Crippen LogP contribution is 2.33. The average molecular weight is 264 g/mol. The fourth-order valence-corrected chi connectivity index (χ4v) is 2.45. The lowest BCUT2D eigenvalue weighted by Crippen LogP contribution is -2.38. The van der Waals surface area contributed by atoms with Crippen LogP contribution >= 0.6 is 0 Å². The van der Waals surface area contributed by atoms with E-state index in [-0.39, 0.29) is 6.09 Å². The van der Waals surface area contributed by atoms with E-state index in [2.05, 4.69) is 4.98 Å². The van der Waals surface area contributed by atoms with Crippen LogP contribution in [0.5, 0.6) is 0 Å². The molecule has 2 rings (SSSR count). The highest BCUT2D eigenvalue weighted by atomic mass is 16.6. The zero-order valence-corrected chi connectivity index (χ0v) is 11.1. The second-order valence-electron chi connectivity index (χ2n) is 4.66. The van der Waals surface area contributed by atoms with E-state index in [1.54, 1.807) is 11.1 Å². The number of nitrogens with two attached hydrogens (primary N) is 2. The van der Waals surface area contributed by atoms with E-state index in [0.717, 1.165) is 18.4 Å². The summed E-state index contributed by atoms with van der Waals surface area (Å²) in [5.74, 6) is 0.710. The topological polar surface area (TPSA) is 94.5 Å². The van der Waals surface area contributed by atoms with Crippen LogP contribution in [0.2, 0.25) is 0 Å². The Bertz CT molecular complexity index is 456. The van der Waals surface area contributed by atoms with E-state index in [9.17, 15) is 4.79 Å². The maximum atomic E-state index is 11.6. The maximum Gasteiger partial charge on any atom is 0.409 e. The number of aromatic nitrogens is 1. The number of carbonyl (C=O) groups is 1. The quantitative estimate of drug-likeness (QED) is 0.845. The number of hydrogen-bond acceptors (Lipinski definition) is 5. The summed E-state index contributed by atoms with van der Waals surface area (Å²) in [5.41, 5.74) is 13.3. The van der Waals surface area contributed by atoms with Crippen molar-refractivity contribution < 1.29 is 9.53 Å². The zero-order valence-electron chi connectivity index (χ0n) is 11.1. The largest absolute Gasteiger partial charge is 0.450 e. The van der Waals surface area contributed by atoms with Gasteiger partial charge in [-0.1, -0.05) is 0 Å². The molecule has 0 spiro atoms. The van der Waals surface area contributed by atoms with Gasteiger partial charge in [-0.2, -0.15) is 0 Å². The predicted molar refractivity (Wildman–Crippen MR) is 73.6 cm³/mol. The van der Waals surface area contributed by atoms with Crippen molar-refractivity contribution in [3.8, 4) is 0 Å². The molecule has 1 fully saturated rings. The maximum absolute atomic E-state index is 11.6. The molecule has 2 heterocycles. The lowest BCUT2D eigenvalue weighted by atomic mass is 9.89. The van der Waals surface area contributed by atoms with Gasteiger partial charge in [0.2, 0.25) is 0 Å². The van der Waals surface area contributed by atoms with Crippen molar-refractivity contribution in [1.82, 2.24) is 9.88 Å². The Labute approximate surface area is 112 Å². The van der Waals surface area contributed by atoms with Crippen molar-refractivity contribution in [3.05, 3.63) is 17.8 Å². The zero-order chi connectivity index (χ0) is 13.8. The summed E-state index contributed by atoms with van der Waals surface area (Å²) in [6.45, 7) is 3.59. The molecule has 1 aliphatic rings. The molecule has 1 aliphatic heterocycles. The summed E-state index contributed by atoms with van der Waals surface area (Å²) in [5, 5.41) is 0. The summed E-state index contributed by atoms with van der Waals surface area (Å²) in [6, 6.07) is 1.91. The number of piperidine rings is 1. The van der Waals surface area contributed by atoms with E-state index in [0.29, 0.717) is 37.1 Å². The molecule has 104 valence electrons. The highest BCUT2D eigenvalue weighted by Gasteiger charge is 2.26. The Kier molecular flexibility index (Phi) is 4.09. The van der Waals surface area contributed by atoms with E-state index < -0.39 is 0 Å². The van der Waals surface area contributed by atoms with E-state index in [1.807, 2.05) is 13.0 Å². The summed E-state index contributed by atoms with van der Waals surface area (Å²) in [7, 11) is 0. The van der Waals surface area contributed by atoms with Crippen LogP contribution in [0.4, 0.5) is 16.3 Å². The molecule has 0 saturated carbocycles. The van der Waals surface area contributed by atoms with Crippen LogP contribution in [-0.4, -0.2) is 35.7 Å². The number of hydrogen-bond donors (Lipinski definition) is 2. The summed E-state index contributed by atoms with van der Waals surface area (Å²) >= 11 is 0. The van der Waals surface area contributed by atoms with Gasteiger partial charge >= 0.3 is 6.09 Å². The average Bonchev–Trinajstić information content (AvgIpc) is 2.42. The minimum atomic E-state index is -0.233. The summed E-state index contributed by atoms with van der Waals surface area (Å²) in [4.78, 5) is 17.3. The molecule has 1 aromatic heterocycles. The van der Waals surface area contributed by atoms with Gasteiger partial charge in [0.1, 0.15) is 5.82 Å². The number of pyridine rings is 1. The molecule has 6 heteroatoms. The second kappa shape index (κ2) is 5.77. The molecular formula is C13H20N4O2. The highest BCUT2D eigenvalue weighted by molar-refractivity contribution is 5.68. The van der Waals surface area contributed by atoms with Crippen LogP contribution < -0.4 is 11.5 Å². The molecule has 1 saturated heterocycles. The molecule has 0 atom stereocenters. The van der Waals surface area contributed by atoms with Gasteiger partial charge < -0.3 is 21.1 Å². The third kappa shape index (κ3) is 2.89. The first-order valence-corrected chi connectivity index (χ1v) is 6.55. The van der Waals surface area contributed by atoms with E-state index in [1.165, 1.54) is 0 Å². The van der Waals surface area contributed by atoms with Crippen LogP contribution in [0, 0.1) is 0 Å². The van der Waals surface area contributed by atoms with Gasteiger partial charge in [-0.15, -0.1) is 0 Å². The fraction of sp³-hybridized carbons (Fsp3) is 0.538. The monoisotopic (exact) mass is 264 g/mol. The van der Waals surface area contributed by atoms with E-state index in [4.69, 9.17) is 16.2 Å². The molecule has 0 aliphatic carbocycles. The summed E-state index contributed by atoms with van der Waals surface area (Å²) < 4.78 is 5.00. The molecule has 0 unspecified atom stereocenters. The first kappa shape index (κ1) is 13.5. The third-order valence-electron chi connectivity index (χ3n) is 3.52. The SMILES string of the molecule is CCOC(=O)N1CCC(c2ccnc(N)c2N)CC1. The number of anilines is 2. The van der Waals surface area contributed by atoms with Crippen molar-refractivity contribution in [2.45, 2.75) is 25.7 Å². The molecule has 1 aromatic rings. The number of amides is 1. The fourth-order valence-electron chi connectivity index (χ4n) is 2.45. The first-order valence-electron chi connectivity index (χ1n) is 6.55. The minimum Gasteiger partial charge on any atom is -0.450 e. The molecule has 6 nitrogen and oxygen atoms in total. The molecule has 0 aromatic carbocycles. The van der Waals surface area contributed by atoms with Crippen molar-refractivity contribution in [2.75, 3.05) is 31.2 Å². The number of likely N-dealkylation sites (tertiary alicyclic amines) is 1. The van der Waals surface area contributed by atoms with Crippen LogP contribution in [0.1, 0.15) is 31.2 Å². The molecule has 19 heavy (non-hydrogen) atoms. The van der Waals surface area contributed by atoms with Crippen LogP contribution in [-0.2, 0) is 4.74 Å². The van der Waals surface area contributed by atoms with Crippen molar-refractivity contribution in [1.29, 1.82) is 0 Å². The minimum absolute atomic E-state index is 0.233. The Balaban J connectivity index is 2.00. The molecule has 0 bridgehead atoms. The molecule has 4 N–H and O–H groups in total. The number of nitrogen functional groups attached to an aromatic ring is 2. The summed E-state index contributed by atoms with van der Waals surface area (Å²) in [6.07, 6.45) is 3.18. The second-order valence-corrected chi connectivity index (χ2v) is 4.66. The van der Waals surface area contributed by atoms with Gasteiger partial charge in [-0.25, -0.2) is 9.78 Å². The van der Waals surface area contributed by atoms with Crippen LogP contribution in [0.3, 0.4) is 0 Å². The third-order valence-corrected chi connectivity index (χ3v) is 3.52. The van der Waals surface area contributed by atoms with Gasteiger partial charge in [0, 0.05) is 19.3 Å². The van der Waals surface area contributed by atoms with Gasteiger partial charge in [-0.05, 0) is 37.3 Å². The molecule has 1 amide bonds. The lowest BCUT2D eigenvalue weighted by molar-refractivity contribution is 0.0971. The normalized spacial score (nSPS) is 16.4. The predicted octanol–water partition coefficient (Wildman–Crippen LogP) is 1.58. The van der Waals surface area contributed by atoms with Gasteiger partial charge in [0.25, 0.3) is 0 Å². The number of ether oxygens (including phenoxy) is 1. The van der Waals surface area contributed by atoms with E-state index >= 15 is 0 Å². The van der Waals surface area contributed by atoms with Crippen LogP contribution in [0.15, 0.2) is 12.3 Å². The van der Waals surface area contributed by atoms with Crippen LogP contribution in [0.25, 0.3) is 0 Å². The standard InChI is InChI=1S/C13H20N4O2/c1-2-19-13(18)17-7-4-9(5-8-17)10-3-6-16-12(15)11(10)14/h3,6,9H,2,4-5,7-8,14H2,1H3,(H2,15,16). The first-order chi connectivity index (χ1) is 9.13.